The maximum atomic E-state index is 12.0. The Hall–Kier alpha value is -2.30. The van der Waals surface area contributed by atoms with Crippen LogP contribution in [0.4, 0.5) is 0 Å². The normalized spacial score (nSPS) is 13.8. The van der Waals surface area contributed by atoms with E-state index in [0.29, 0.717) is 19.5 Å². The number of hydrogen-bond donors (Lipinski definition) is 1. The number of aromatic nitrogens is 2. The molecule has 0 aliphatic heterocycles. The summed E-state index contributed by atoms with van der Waals surface area (Å²) in [5.74, 6) is 1.62. The van der Waals surface area contributed by atoms with Gasteiger partial charge in [-0.05, 0) is 37.3 Å². The van der Waals surface area contributed by atoms with Crippen molar-refractivity contribution in [3.05, 3.63) is 47.8 Å². The number of hydrogen-bond acceptors (Lipinski definition) is 3. The standard InChI is InChI=1S/C18H23N3O2/c1-14-10-20-21(12-14)9-8-18(22)19-11-16-4-2-3-5-17(16)23-13-15-6-7-15/h2-5,10,12,15H,6-9,11,13H2,1H3,(H,19,22). The molecular weight excluding hydrogens is 290 g/mol. The van der Waals surface area contributed by atoms with Crippen molar-refractivity contribution >= 4 is 5.91 Å². The number of carbonyl (C=O) groups excluding carboxylic acids is 1. The van der Waals surface area contributed by atoms with Gasteiger partial charge in [-0.2, -0.15) is 5.10 Å². The minimum absolute atomic E-state index is 0.0233. The van der Waals surface area contributed by atoms with Gasteiger partial charge in [0.15, 0.2) is 0 Å². The second-order valence-electron chi connectivity index (χ2n) is 6.17. The summed E-state index contributed by atoms with van der Waals surface area (Å²) >= 11 is 0. The SMILES string of the molecule is Cc1cnn(CCC(=O)NCc2ccccc2OCC2CC2)c1. The molecule has 0 saturated heterocycles. The Morgan fingerprint density at radius 3 is 2.96 bits per heavy atom. The quantitative estimate of drug-likeness (QED) is 0.815. The zero-order chi connectivity index (χ0) is 16.1. The number of para-hydroxylation sites is 1. The van der Waals surface area contributed by atoms with E-state index in [4.69, 9.17) is 4.74 Å². The fourth-order valence-electron chi connectivity index (χ4n) is 2.37. The van der Waals surface area contributed by atoms with E-state index in [9.17, 15) is 4.79 Å². The first-order valence-corrected chi connectivity index (χ1v) is 8.17. The van der Waals surface area contributed by atoms with Gasteiger partial charge in [-0.25, -0.2) is 0 Å². The average molecular weight is 313 g/mol. The Kier molecular flexibility index (Phi) is 4.95. The zero-order valence-corrected chi connectivity index (χ0v) is 13.5. The molecule has 0 unspecified atom stereocenters. The monoisotopic (exact) mass is 313 g/mol. The minimum atomic E-state index is 0.0233. The van der Waals surface area contributed by atoms with Crippen molar-refractivity contribution in [2.24, 2.45) is 5.92 Å². The van der Waals surface area contributed by atoms with Crippen LogP contribution in [0.1, 0.15) is 30.4 Å². The molecule has 23 heavy (non-hydrogen) atoms. The summed E-state index contributed by atoms with van der Waals surface area (Å²) in [4.78, 5) is 12.0. The number of ether oxygens (including phenoxy) is 1. The molecule has 2 aromatic rings. The van der Waals surface area contributed by atoms with Crippen molar-refractivity contribution in [1.82, 2.24) is 15.1 Å². The first-order valence-electron chi connectivity index (χ1n) is 8.17. The van der Waals surface area contributed by atoms with Gasteiger partial charge in [0.1, 0.15) is 5.75 Å². The number of amides is 1. The highest BCUT2D eigenvalue weighted by molar-refractivity contribution is 5.75. The highest BCUT2D eigenvalue weighted by Crippen LogP contribution is 2.30. The lowest BCUT2D eigenvalue weighted by molar-refractivity contribution is -0.121. The van der Waals surface area contributed by atoms with Gasteiger partial charge in [0.05, 0.1) is 12.8 Å². The van der Waals surface area contributed by atoms with Gasteiger partial charge in [-0.15, -0.1) is 0 Å². The van der Waals surface area contributed by atoms with E-state index in [-0.39, 0.29) is 5.91 Å². The molecule has 122 valence electrons. The number of carbonyl (C=O) groups is 1. The summed E-state index contributed by atoms with van der Waals surface area (Å²) < 4.78 is 7.65. The fraction of sp³-hybridized carbons (Fsp3) is 0.444. The molecule has 1 aromatic heterocycles. The molecule has 1 saturated carbocycles. The maximum Gasteiger partial charge on any atom is 0.222 e. The van der Waals surface area contributed by atoms with Gasteiger partial charge in [0.25, 0.3) is 0 Å². The summed E-state index contributed by atoms with van der Waals surface area (Å²) in [5, 5.41) is 7.14. The largest absolute Gasteiger partial charge is 0.493 e. The Bertz CT molecular complexity index is 662. The molecule has 1 aromatic carbocycles. The number of rotatable bonds is 8. The third-order valence-corrected chi connectivity index (χ3v) is 3.95. The maximum absolute atomic E-state index is 12.0. The molecular formula is C18H23N3O2. The van der Waals surface area contributed by atoms with Crippen LogP contribution in [0.3, 0.4) is 0 Å². The lowest BCUT2D eigenvalue weighted by Crippen LogP contribution is -2.24. The molecule has 1 aliphatic rings. The summed E-state index contributed by atoms with van der Waals surface area (Å²) in [6.45, 7) is 3.86. The van der Waals surface area contributed by atoms with Crippen LogP contribution in [-0.4, -0.2) is 22.3 Å². The molecule has 1 heterocycles. The molecule has 5 nitrogen and oxygen atoms in total. The third kappa shape index (κ3) is 4.84. The van der Waals surface area contributed by atoms with Gasteiger partial charge in [-0.1, -0.05) is 18.2 Å². The van der Waals surface area contributed by atoms with Gasteiger partial charge in [0, 0.05) is 31.3 Å². The molecule has 1 amide bonds. The number of benzene rings is 1. The van der Waals surface area contributed by atoms with Crippen LogP contribution in [0, 0.1) is 12.8 Å². The van der Waals surface area contributed by atoms with Crippen molar-refractivity contribution < 1.29 is 9.53 Å². The second kappa shape index (κ2) is 7.31. The minimum Gasteiger partial charge on any atom is -0.493 e. The van der Waals surface area contributed by atoms with Gasteiger partial charge in [-0.3, -0.25) is 9.48 Å². The average Bonchev–Trinajstić information content (AvgIpc) is 3.30. The van der Waals surface area contributed by atoms with E-state index in [1.165, 1.54) is 12.8 Å². The van der Waals surface area contributed by atoms with Crippen molar-refractivity contribution in [1.29, 1.82) is 0 Å². The van der Waals surface area contributed by atoms with Crippen LogP contribution in [0.5, 0.6) is 5.75 Å². The Morgan fingerprint density at radius 2 is 2.22 bits per heavy atom. The lowest BCUT2D eigenvalue weighted by Gasteiger charge is -2.12. The van der Waals surface area contributed by atoms with Crippen molar-refractivity contribution in [2.75, 3.05) is 6.61 Å². The molecule has 0 radical (unpaired) electrons. The van der Waals surface area contributed by atoms with E-state index in [1.54, 1.807) is 10.9 Å². The summed E-state index contributed by atoms with van der Waals surface area (Å²) in [6.07, 6.45) is 6.70. The van der Waals surface area contributed by atoms with Gasteiger partial charge < -0.3 is 10.1 Å². The molecule has 1 aliphatic carbocycles. The molecule has 0 atom stereocenters. The van der Waals surface area contributed by atoms with Crippen LogP contribution >= 0.6 is 0 Å². The van der Waals surface area contributed by atoms with Crippen LogP contribution in [0.25, 0.3) is 0 Å². The first-order chi connectivity index (χ1) is 11.2. The Morgan fingerprint density at radius 1 is 1.39 bits per heavy atom. The van der Waals surface area contributed by atoms with E-state index in [1.807, 2.05) is 37.4 Å². The van der Waals surface area contributed by atoms with Crippen LogP contribution in [0.2, 0.25) is 0 Å². The van der Waals surface area contributed by atoms with Gasteiger partial charge in [0.2, 0.25) is 5.91 Å². The zero-order valence-electron chi connectivity index (χ0n) is 13.5. The number of aryl methyl sites for hydroxylation is 2. The van der Waals surface area contributed by atoms with Crippen molar-refractivity contribution in [3.8, 4) is 5.75 Å². The summed E-state index contributed by atoms with van der Waals surface area (Å²) in [5.41, 5.74) is 2.13. The fourth-order valence-corrected chi connectivity index (χ4v) is 2.37. The summed E-state index contributed by atoms with van der Waals surface area (Å²) in [6, 6.07) is 7.90. The van der Waals surface area contributed by atoms with Crippen LogP contribution in [-0.2, 0) is 17.9 Å². The predicted molar refractivity (Wildman–Crippen MR) is 88.1 cm³/mol. The molecule has 0 bridgehead atoms. The van der Waals surface area contributed by atoms with E-state index < -0.39 is 0 Å². The lowest BCUT2D eigenvalue weighted by atomic mass is 10.2. The molecule has 3 rings (SSSR count). The van der Waals surface area contributed by atoms with Crippen LogP contribution < -0.4 is 10.1 Å². The predicted octanol–water partition coefficient (Wildman–Crippen LogP) is 2.69. The van der Waals surface area contributed by atoms with Crippen molar-refractivity contribution in [2.45, 2.75) is 39.3 Å². The Labute approximate surface area is 136 Å². The Balaban J connectivity index is 1.46. The second-order valence-corrected chi connectivity index (χ2v) is 6.17. The van der Waals surface area contributed by atoms with Crippen molar-refractivity contribution in [3.63, 3.8) is 0 Å². The highest BCUT2D eigenvalue weighted by atomic mass is 16.5. The van der Waals surface area contributed by atoms with E-state index in [0.717, 1.165) is 29.4 Å². The van der Waals surface area contributed by atoms with E-state index >= 15 is 0 Å². The third-order valence-electron chi connectivity index (χ3n) is 3.95. The molecule has 5 heteroatoms. The first kappa shape index (κ1) is 15.6. The van der Waals surface area contributed by atoms with Gasteiger partial charge >= 0.3 is 0 Å². The summed E-state index contributed by atoms with van der Waals surface area (Å²) in [7, 11) is 0. The van der Waals surface area contributed by atoms with E-state index in [2.05, 4.69) is 10.4 Å². The molecule has 1 fully saturated rings. The number of nitrogens with zero attached hydrogens (tertiary/aromatic N) is 2. The number of nitrogens with one attached hydrogen (secondary N) is 1. The topological polar surface area (TPSA) is 56.2 Å². The smallest absolute Gasteiger partial charge is 0.222 e. The highest BCUT2D eigenvalue weighted by Gasteiger charge is 2.22. The van der Waals surface area contributed by atoms with Crippen LogP contribution in [0.15, 0.2) is 36.7 Å². The molecule has 0 spiro atoms. The molecule has 1 N–H and O–H groups in total.